The standard InChI is InChI=1S/C28H29ClN4O/c1-20-15-21(2)17-25(16-20)33-27(34)26(18-22-7-4-3-5-8-22)30-28(33)32-13-11-31(12-14-32)24-10-6-9-23(29)19-24/h3-10,15-17,19,26H,11-14,18H2,1-2H3. The maximum atomic E-state index is 13.7. The van der Waals surface area contributed by atoms with E-state index in [2.05, 4.69) is 60.0 Å². The number of carbonyl (C=O) groups is 1. The molecular formula is C28H29ClN4O. The number of piperazine rings is 1. The van der Waals surface area contributed by atoms with Gasteiger partial charge in [0.2, 0.25) is 5.96 Å². The number of benzene rings is 3. The Labute approximate surface area is 206 Å². The highest BCUT2D eigenvalue weighted by Crippen LogP contribution is 2.28. The SMILES string of the molecule is Cc1cc(C)cc(N2C(=O)C(Cc3ccccc3)N=C2N2CCN(c3cccc(Cl)c3)CC2)c1. The molecule has 0 bridgehead atoms. The van der Waals surface area contributed by atoms with Crippen LogP contribution < -0.4 is 9.80 Å². The summed E-state index contributed by atoms with van der Waals surface area (Å²) >= 11 is 6.21. The fourth-order valence-corrected chi connectivity index (χ4v) is 5.04. The van der Waals surface area contributed by atoms with Gasteiger partial charge in [-0.1, -0.05) is 54.1 Å². The first-order chi connectivity index (χ1) is 16.5. The lowest BCUT2D eigenvalue weighted by molar-refractivity contribution is -0.118. The number of anilines is 2. The lowest BCUT2D eigenvalue weighted by Gasteiger charge is -2.38. The molecule has 174 valence electrons. The van der Waals surface area contributed by atoms with E-state index in [1.54, 1.807) is 0 Å². The molecular weight excluding hydrogens is 444 g/mol. The maximum Gasteiger partial charge on any atom is 0.259 e. The van der Waals surface area contributed by atoms with Gasteiger partial charge in [-0.15, -0.1) is 0 Å². The lowest BCUT2D eigenvalue weighted by Crippen LogP contribution is -2.53. The van der Waals surface area contributed by atoms with E-state index in [9.17, 15) is 4.79 Å². The van der Waals surface area contributed by atoms with E-state index in [1.807, 2.05) is 41.3 Å². The number of rotatable bonds is 4. The summed E-state index contributed by atoms with van der Waals surface area (Å²) in [6, 6.07) is 24.0. The predicted molar refractivity (Wildman–Crippen MR) is 140 cm³/mol. The van der Waals surface area contributed by atoms with Gasteiger partial charge in [0.15, 0.2) is 0 Å². The molecule has 0 radical (unpaired) electrons. The van der Waals surface area contributed by atoms with E-state index >= 15 is 0 Å². The summed E-state index contributed by atoms with van der Waals surface area (Å²) in [7, 11) is 0. The molecule has 1 atom stereocenters. The quantitative estimate of drug-likeness (QED) is 0.530. The first-order valence-electron chi connectivity index (χ1n) is 11.8. The third-order valence-corrected chi connectivity index (χ3v) is 6.68. The third kappa shape index (κ3) is 4.66. The van der Waals surface area contributed by atoms with Crippen LogP contribution in [0, 0.1) is 13.8 Å². The van der Waals surface area contributed by atoms with Gasteiger partial charge in [-0.05, 0) is 60.9 Å². The summed E-state index contributed by atoms with van der Waals surface area (Å²) < 4.78 is 0. The van der Waals surface area contributed by atoms with Crippen molar-refractivity contribution in [3.05, 3.63) is 94.5 Å². The fourth-order valence-electron chi connectivity index (χ4n) is 4.85. The summed E-state index contributed by atoms with van der Waals surface area (Å²) in [4.78, 5) is 25.1. The highest BCUT2D eigenvalue weighted by molar-refractivity contribution is 6.30. The molecule has 34 heavy (non-hydrogen) atoms. The number of nitrogens with zero attached hydrogens (tertiary/aromatic N) is 4. The Morgan fingerprint density at radius 1 is 0.824 bits per heavy atom. The van der Waals surface area contributed by atoms with E-state index in [-0.39, 0.29) is 5.91 Å². The molecule has 0 aromatic heterocycles. The van der Waals surface area contributed by atoms with Gasteiger partial charge in [0.05, 0.1) is 5.69 Å². The molecule has 3 aromatic rings. The van der Waals surface area contributed by atoms with Gasteiger partial charge >= 0.3 is 0 Å². The average Bonchev–Trinajstić information content (AvgIpc) is 3.15. The minimum atomic E-state index is -0.413. The van der Waals surface area contributed by atoms with Crippen LogP contribution in [0.2, 0.25) is 5.02 Å². The molecule has 1 saturated heterocycles. The van der Waals surface area contributed by atoms with E-state index in [0.29, 0.717) is 6.42 Å². The number of aryl methyl sites for hydroxylation is 2. The van der Waals surface area contributed by atoms with Crippen molar-refractivity contribution in [3.8, 4) is 0 Å². The number of guanidine groups is 1. The molecule has 0 N–H and O–H groups in total. The van der Waals surface area contributed by atoms with Crippen molar-refractivity contribution in [1.29, 1.82) is 0 Å². The third-order valence-electron chi connectivity index (χ3n) is 6.45. The van der Waals surface area contributed by atoms with Gasteiger partial charge in [0, 0.05) is 43.3 Å². The Morgan fingerprint density at radius 2 is 1.50 bits per heavy atom. The fraction of sp³-hybridized carbons (Fsp3) is 0.286. The van der Waals surface area contributed by atoms with Crippen LogP contribution >= 0.6 is 11.6 Å². The smallest absolute Gasteiger partial charge is 0.259 e. The van der Waals surface area contributed by atoms with Crippen LogP contribution in [0.5, 0.6) is 0 Å². The zero-order valence-electron chi connectivity index (χ0n) is 19.6. The van der Waals surface area contributed by atoms with Gasteiger partial charge < -0.3 is 9.80 Å². The van der Waals surface area contributed by atoms with Crippen LogP contribution in [-0.4, -0.2) is 49.0 Å². The van der Waals surface area contributed by atoms with Crippen molar-refractivity contribution in [2.24, 2.45) is 4.99 Å². The summed E-state index contributed by atoms with van der Waals surface area (Å²) in [6.45, 7) is 7.41. The molecule has 1 unspecified atom stereocenters. The molecule has 0 saturated carbocycles. The number of amides is 1. The van der Waals surface area contributed by atoms with Gasteiger partial charge in [-0.2, -0.15) is 0 Å². The van der Waals surface area contributed by atoms with Crippen molar-refractivity contribution in [1.82, 2.24) is 4.90 Å². The molecule has 0 spiro atoms. The molecule has 2 aliphatic heterocycles. The van der Waals surface area contributed by atoms with E-state index < -0.39 is 6.04 Å². The highest BCUT2D eigenvalue weighted by Gasteiger charge is 2.39. The second-order valence-electron chi connectivity index (χ2n) is 9.11. The van der Waals surface area contributed by atoms with E-state index in [0.717, 1.165) is 65.2 Å². The van der Waals surface area contributed by atoms with Gasteiger partial charge in [-0.25, -0.2) is 9.89 Å². The van der Waals surface area contributed by atoms with Crippen LogP contribution in [0.1, 0.15) is 16.7 Å². The largest absolute Gasteiger partial charge is 0.368 e. The average molecular weight is 473 g/mol. The van der Waals surface area contributed by atoms with Crippen molar-refractivity contribution in [2.75, 3.05) is 36.0 Å². The Kier molecular flexibility index (Phi) is 6.29. The Bertz CT molecular complexity index is 1200. The molecule has 2 heterocycles. The second kappa shape index (κ2) is 9.51. The summed E-state index contributed by atoms with van der Waals surface area (Å²) in [5.41, 5.74) is 5.43. The Hall–Kier alpha value is -3.31. The molecule has 6 heteroatoms. The maximum absolute atomic E-state index is 13.7. The molecule has 5 nitrogen and oxygen atoms in total. The number of halogens is 1. The van der Waals surface area contributed by atoms with Crippen LogP contribution in [0.25, 0.3) is 0 Å². The molecule has 1 amide bonds. The normalized spacial score (nSPS) is 18.4. The lowest BCUT2D eigenvalue weighted by atomic mass is 10.1. The molecule has 3 aromatic carbocycles. The van der Waals surface area contributed by atoms with Crippen molar-refractivity contribution in [2.45, 2.75) is 26.3 Å². The molecule has 1 fully saturated rings. The van der Waals surface area contributed by atoms with E-state index in [4.69, 9.17) is 16.6 Å². The van der Waals surface area contributed by atoms with Crippen LogP contribution in [0.15, 0.2) is 77.8 Å². The van der Waals surface area contributed by atoms with Crippen molar-refractivity contribution in [3.63, 3.8) is 0 Å². The van der Waals surface area contributed by atoms with Crippen LogP contribution in [0.3, 0.4) is 0 Å². The second-order valence-corrected chi connectivity index (χ2v) is 9.54. The molecule has 2 aliphatic rings. The number of hydrogen-bond acceptors (Lipinski definition) is 4. The number of carbonyl (C=O) groups excluding carboxylic acids is 1. The zero-order chi connectivity index (χ0) is 23.7. The van der Waals surface area contributed by atoms with Crippen molar-refractivity contribution >= 4 is 34.8 Å². The number of aliphatic imine (C=N–C) groups is 1. The minimum absolute atomic E-state index is 0.0427. The van der Waals surface area contributed by atoms with Crippen LogP contribution in [-0.2, 0) is 11.2 Å². The zero-order valence-corrected chi connectivity index (χ0v) is 20.4. The first-order valence-corrected chi connectivity index (χ1v) is 12.2. The van der Waals surface area contributed by atoms with E-state index in [1.165, 1.54) is 0 Å². The highest BCUT2D eigenvalue weighted by atomic mass is 35.5. The molecule has 0 aliphatic carbocycles. The summed E-state index contributed by atoms with van der Waals surface area (Å²) in [6.07, 6.45) is 0.604. The number of hydrogen-bond donors (Lipinski definition) is 0. The minimum Gasteiger partial charge on any atom is -0.368 e. The van der Waals surface area contributed by atoms with Gasteiger partial charge in [0.25, 0.3) is 5.91 Å². The summed E-state index contributed by atoms with van der Waals surface area (Å²) in [5, 5.41) is 0.746. The Morgan fingerprint density at radius 3 is 2.18 bits per heavy atom. The van der Waals surface area contributed by atoms with Crippen LogP contribution in [0.4, 0.5) is 11.4 Å². The molecule has 5 rings (SSSR count). The first kappa shape index (κ1) is 22.5. The van der Waals surface area contributed by atoms with Gasteiger partial charge in [-0.3, -0.25) is 4.79 Å². The van der Waals surface area contributed by atoms with Crippen molar-refractivity contribution < 1.29 is 4.79 Å². The monoisotopic (exact) mass is 472 g/mol. The summed E-state index contributed by atoms with van der Waals surface area (Å²) in [5.74, 6) is 0.808. The van der Waals surface area contributed by atoms with Gasteiger partial charge in [0.1, 0.15) is 6.04 Å². The predicted octanol–water partition coefficient (Wildman–Crippen LogP) is 5.09. The Balaban J connectivity index is 1.42. The topological polar surface area (TPSA) is 39.2 Å².